The van der Waals surface area contributed by atoms with Crippen LogP contribution in [0.4, 0.5) is 5.69 Å². The van der Waals surface area contributed by atoms with Crippen LogP contribution >= 0.6 is 11.6 Å². The maximum atomic E-state index is 12.1. The number of nitrogens with one attached hydrogen (secondary N) is 2. The Morgan fingerprint density at radius 1 is 1.15 bits per heavy atom. The molecule has 0 aliphatic carbocycles. The Morgan fingerprint density at radius 2 is 1.88 bits per heavy atom. The molecule has 0 unspecified atom stereocenters. The van der Waals surface area contributed by atoms with Crippen LogP contribution in [0.2, 0.25) is 5.02 Å². The summed E-state index contributed by atoms with van der Waals surface area (Å²) >= 11 is 5.83. The molecule has 0 radical (unpaired) electrons. The van der Waals surface area contributed by atoms with Gasteiger partial charge in [-0.25, -0.2) is 5.43 Å². The van der Waals surface area contributed by atoms with Gasteiger partial charge in [0.1, 0.15) is 5.75 Å². The van der Waals surface area contributed by atoms with E-state index >= 15 is 0 Å². The molecule has 0 aromatic heterocycles. The molecule has 2 amide bonds. The maximum absolute atomic E-state index is 12.1. The summed E-state index contributed by atoms with van der Waals surface area (Å²) in [6.07, 6.45) is 0. The first kappa shape index (κ1) is 19.2. The average Bonchev–Trinajstić information content (AvgIpc) is 2.61. The Morgan fingerprint density at radius 3 is 2.58 bits per heavy atom. The smallest absolute Gasteiger partial charge is 0.275 e. The van der Waals surface area contributed by atoms with Crippen LogP contribution in [0.25, 0.3) is 0 Å². The molecule has 7 heteroatoms. The van der Waals surface area contributed by atoms with Crippen molar-refractivity contribution in [1.82, 2.24) is 5.43 Å². The van der Waals surface area contributed by atoms with E-state index in [9.17, 15) is 14.7 Å². The number of nitrogens with zero attached hydrogens (tertiary/aromatic N) is 1. The third-order valence-corrected chi connectivity index (χ3v) is 3.69. The second-order valence-corrected chi connectivity index (χ2v) is 6.05. The van der Waals surface area contributed by atoms with Crippen LogP contribution in [0.1, 0.15) is 29.8 Å². The first-order valence-corrected chi connectivity index (χ1v) is 8.06. The highest BCUT2D eigenvalue weighted by Gasteiger charge is 2.11. The number of phenols is 1. The number of amides is 2. The number of rotatable bonds is 5. The van der Waals surface area contributed by atoms with Gasteiger partial charge < -0.3 is 10.4 Å². The molecule has 6 nitrogen and oxygen atoms in total. The monoisotopic (exact) mass is 371 g/mol. The van der Waals surface area contributed by atoms with Crippen molar-refractivity contribution in [1.29, 1.82) is 0 Å². The van der Waals surface area contributed by atoms with Gasteiger partial charge in [0, 0.05) is 16.3 Å². The number of halogens is 1. The van der Waals surface area contributed by atoms with Crippen LogP contribution in [0.5, 0.6) is 5.75 Å². The third-order valence-electron chi connectivity index (χ3n) is 3.45. The summed E-state index contributed by atoms with van der Waals surface area (Å²) in [4.78, 5) is 23.8. The quantitative estimate of drug-likeness (QED) is 0.425. The van der Waals surface area contributed by atoms with Crippen LogP contribution < -0.4 is 10.7 Å². The average molecular weight is 372 g/mol. The summed E-state index contributed by atoms with van der Waals surface area (Å²) in [6.45, 7) is 6.91. The van der Waals surface area contributed by atoms with Crippen molar-refractivity contribution in [2.75, 3.05) is 5.32 Å². The van der Waals surface area contributed by atoms with Crippen LogP contribution in [-0.2, 0) is 4.79 Å². The molecule has 0 heterocycles. The molecule has 0 saturated carbocycles. The van der Waals surface area contributed by atoms with Crippen LogP contribution in [0.3, 0.4) is 0 Å². The first-order valence-electron chi connectivity index (χ1n) is 7.68. The molecule has 0 aliphatic heterocycles. The van der Waals surface area contributed by atoms with Crippen LogP contribution in [-0.4, -0.2) is 22.6 Å². The lowest BCUT2D eigenvalue weighted by molar-refractivity contribution is -0.112. The largest absolute Gasteiger partial charge is 0.507 e. The van der Waals surface area contributed by atoms with Crippen LogP contribution in [0.15, 0.2) is 59.7 Å². The lowest BCUT2D eigenvalue weighted by atomic mass is 10.1. The lowest BCUT2D eigenvalue weighted by Gasteiger charge is -2.08. The van der Waals surface area contributed by atoms with Gasteiger partial charge in [-0.2, -0.15) is 5.10 Å². The molecule has 0 atom stereocenters. The fourth-order valence-corrected chi connectivity index (χ4v) is 2.18. The number of hydrogen-bond donors (Lipinski definition) is 3. The fraction of sp³-hybridized carbons (Fsp3) is 0.105. The molecule has 2 rings (SSSR count). The van der Waals surface area contributed by atoms with Gasteiger partial charge in [0.2, 0.25) is 0 Å². The maximum Gasteiger partial charge on any atom is 0.275 e. The molecule has 0 saturated heterocycles. The minimum Gasteiger partial charge on any atom is -0.507 e. The number of carbonyl (C=O) groups is 2. The van der Waals surface area contributed by atoms with Gasteiger partial charge in [0.15, 0.2) is 0 Å². The van der Waals surface area contributed by atoms with Gasteiger partial charge in [-0.3, -0.25) is 9.59 Å². The summed E-state index contributed by atoms with van der Waals surface area (Å²) in [7, 11) is 0. The molecule has 0 bridgehead atoms. The van der Waals surface area contributed by atoms with Crippen molar-refractivity contribution < 1.29 is 14.7 Å². The number of phenolic OH excluding ortho intramolecular Hbond substituents is 1. The highest BCUT2D eigenvalue weighted by molar-refractivity contribution is 6.31. The Balaban J connectivity index is 2.14. The molecule has 134 valence electrons. The van der Waals surface area contributed by atoms with Gasteiger partial charge >= 0.3 is 0 Å². The molecule has 0 aliphatic rings. The Labute approximate surface area is 156 Å². The fourth-order valence-electron chi connectivity index (χ4n) is 2.01. The molecular weight excluding hydrogens is 354 g/mol. The zero-order valence-corrected chi connectivity index (χ0v) is 15.1. The number of benzene rings is 2. The highest BCUT2D eigenvalue weighted by atomic mass is 35.5. The van der Waals surface area contributed by atoms with Crippen molar-refractivity contribution in [3.05, 3.63) is 70.8 Å². The van der Waals surface area contributed by atoms with Gasteiger partial charge in [-0.05, 0) is 49.7 Å². The summed E-state index contributed by atoms with van der Waals surface area (Å²) in [5.74, 6) is -1.05. The van der Waals surface area contributed by atoms with Crippen molar-refractivity contribution in [2.45, 2.75) is 13.8 Å². The van der Waals surface area contributed by atoms with Crippen LogP contribution in [0, 0.1) is 0 Å². The number of carbonyl (C=O) groups excluding carboxylic acids is 2. The molecular formula is C19H18ClN3O3. The topological polar surface area (TPSA) is 90.8 Å². The van der Waals surface area contributed by atoms with E-state index < -0.39 is 5.91 Å². The second-order valence-electron chi connectivity index (χ2n) is 5.61. The number of hydrogen-bond acceptors (Lipinski definition) is 4. The minimum atomic E-state index is -0.587. The minimum absolute atomic E-state index is 0.0246. The zero-order valence-electron chi connectivity index (χ0n) is 14.3. The molecule has 0 fully saturated rings. The van der Waals surface area contributed by atoms with Crippen molar-refractivity contribution in [2.24, 2.45) is 5.10 Å². The van der Waals surface area contributed by atoms with Crippen molar-refractivity contribution in [3.63, 3.8) is 0 Å². The Bertz CT molecular complexity index is 907. The third kappa shape index (κ3) is 4.94. The normalized spacial score (nSPS) is 11.0. The van der Waals surface area contributed by atoms with Crippen molar-refractivity contribution in [3.8, 4) is 5.75 Å². The second kappa shape index (κ2) is 8.31. The molecule has 3 N–H and O–H groups in total. The van der Waals surface area contributed by atoms with E-state index in [1.54, 1.807) is 38.1 Å². The lowest BCUT2D eigenvalue weighted by Crippen LogP contribution is -2.19. The van der Waals surface area contributed by atoms with Gasteiger partial charge in [0.05, 0.1) is 11.3 Å². The molecule has 26 heavy (non-hydrogen) atoms. The highest BCUT2D eigenvalue weighted by Crippen LogP contribution is 2.21. The molecule has 0 spiro atoms. The molecule has 2 aromatic carbocycles. The summed E-state index contributed by atoms with van der Waals surface area (Å²) in [5, 5.41) is 16.8. The zero-order chi connectivity index (χ0) is 19.3. The Kier molecular flexibility index (Phi) is 6.14. The summed E-state index contributed by atoms with van der Waals surface area (Å²) < 4.78 is 0. The first-order chi connectivity index (χ1) is 12.3. The van der Waals surface area contributed by atoms with E-state index in [0.29, 0.717) is 27.6 Å². The summed E-state index contributed by atoms with van der Waals surface area (Å²) in [5.41, 5.74) is 4.61. The Hall–Kier alpha value is -3.12. The predicted molar refractivity (Wildman–Crippen MR) is 103 cm³/mol. The van der Waals surface area contributed by atoms with Gasteiger partial charge in [-0.15, -0.1) is 0 Å². The predicted octanol–water partition coefficient (Wildman–Crippen LogP) is 3.71. The number of hydrazone groups is 1. The summed E-state index contributed by atoms with van der Waals surface area (Å²) in [6, 6.07) is 11.2. The number of anilines is 1. The van der Waals surface area contributed by atoms with E-state index in [4.69, 9.17) is 11.6 Å². The van der Waals surface area contributed by atoms with E-state index in [2.05, 4.69) is 22.4 Å². The molecule has 2 aromatic rings. The van der Waals surface area contributed by atoms with Gasteiger partial charge in [0.25, 0.3) is 11.8 Å². The standard InChI is InChI=1S/C19H18ClN3O3/c1-11(2)18(25)21-15-6-4-5-13(9-15)12(3)22-23-19(26)16-10-14(20)7-8-17(16)24/h4-10,24H,1H2,2-3H3,(H,21,25)(H,23,26)/b22-12+. The van der Waals surface area contributed by atoms with E-state index in [0.717, 1.165) is 0 Å². The van der Waals surface area contributed by atoms with Crippen molar-refractivity contribution >= 4 is 34.8 Å². The van der Waals surface area contributed by atoms with E-state index in [1.807, 2.05) is 0 Å². The SMILES string of the molecule is C=C(C)C(=O)Nc1cccc(/C(C)=N/NC(=O)c2cc(Cl)ccc2O)c1. The van der Waals surface area contributed by atoms with E-state index in [-0.39, 0.29) is 17.2 Å². The number of aromatic hydroxyl groups is 1. The van der Waals surface area contributed by atoms with Gasteiger partial charge in [-0.1, -0.05) is 30.3 Å². The van der Waals surface area contributed by atoms with E-state index in [1.165, 1.54) is 18.2 Å².